The van der Waals surface area contributed by atoms with Gasteiger partial charge in [0.05, 0.1) is 5.75 Å². The molecule has 6 nitrogen and oxygen atoms in total. The van der Waals surface area contributed by atoms with Crippen LogP contribution in [0.3, 0.4) is 0 Å². The molecule has 0 saturated carbocycles. The zero-order valence-corrected chi connectivity index (χ0v) is 15.8. The summed E-state index contributed by atoms with van der Waals surface area (Å²) in [6.45, 7) is 0.679. The van der Waals surface area contributed by atoms with Gasteiger partial charge in [-0.1, -0.05) is 53.7 Å². The number of nitrogens with one attached hydrogen (secondary N) is 2. The molecule has 0 aliphatic carbocycles. The molecule has 0 aliphatic rings. The Morgan fingerprint density at radius 3 is 2.52 bits per heavy atom. The van der Waals surface area contributed by atoms with E-state index in [-0.39, 0.29) is 11.7 Å². The number of rotatable bonds is 6. The maximum atomic E-state index is 12.0. The second kappa shape index (κ2) is 9.25. The van der Waals surface area contributed by atoms with Crippen LogP contribution in [0.4, 0.5) is 0 Å². The fourth-order valence-electron chi connectivity index (χ4n) is 2.30. The summed E-state index contributed by atoms with van der Waals surface area (Å²) < 4.78 is 1.97. The van der Waals surface area contributed by atoms with E-state index in [1.54, 1.807) is 30.5 Å². The second-order valence-electron chi connectivity index (χ2n) is 5.62. The highest BCUT2D eigenvalue weighted by atomic mass is 35.5. The van der Waals surface area contributed by atoms with Crippen LogP contribution in [-0.2, 0) is 11.3 Å². The average Bonchev–Trinajstić information content (AvgIpc) is 3.13. The zero-order chi connectivity index (χ0) is 19.1. The van der Waals surface area contributed by atoms with Crippen LogP contribution >= 0.6 is 23.4 Å². The lowest BCUT2D eigenvalue weighted by Crippen LogP contribution is -2.42. The third kappa shape index (κ3) is 5.60. The minimum absolute atomic E-state index is 0.132. The van der Waals surface area contributed by atoms with Gasteiger partial charge in [-0.05, 0) is 29.8 Å². The highest BCUT2D eigenvalue weighted by molar-refractivity contribution is 7.99. The van der Waals surface area contributed by atoms with Crippen molar-refractivity contribution >= 4 is 35.2 Å². The molecule has 0 radical (unpaired) electrons. The summed E-state index contributed by atoms with van der Waals surface area (Å²) in [7, 11) is 0. The first-order chi connectivity index (χ1) is 13.1. The van der Waals surface area contributed by atoms with Crippen LogP contribution in [0, 0.1) is 0 Å². The quantitative estimate of drug-likeness (QED) is 0.492. The van der Waals surface area contributed by atoms with E-state index >= 15 is 0 Å². The first-order valence-corrected chi connectivity index (χ1v) is 9.51. The van der Waals surface area contributed by atoms with Gasteiger partial charge in [0, 0.05) is 29.5 Å². The maximum absolute atomic E-state index is 12.0. The van der Waals surface area contributed by atoms with E-state index in [0.29, 0.717) is 17.1 Å². The molecule has 138 valence electrons. The number of carbonyl (C=O) groups excluding carboxylic acids is 2. The van der Waals surface area contributed by atoms with Crippen LogP contribution < -0.4 is 10.9 Å². The van der Waals surface area contributed by atoms with Gasteiger partial charge in [0.2, 0.25) is 5.91 Å². The molecular weight excluding hydrogens is 384 g/mol. The van der Waals surface area contributed by atoms with E-state index in [9.17, 15) is 9.59 Å². The van der Waals surface area contributed by atoms with E-state index in [0.717, 1.165) is 10.7 Å². The fourth-order valence-corrected chi connectivity index (χ4v) is 3.19. The Labute approximate surface area is 165 Å². The Bertz CT molecular complexity index is 913. The number of amides is 2. The van der Waals surface area contributed by atoms with Crippen molar-refractivity contribution in [2.24, 2.45) is 0 Å². The van der Waals surface area contributed by atoms with Crippen LogP contribution in [0.5, 0.6) is 0 Å². The van der Waals surface area contributed by atoms with E-state index in [1.165, 1.54) is 11.8 Å². The van der Waals surface area contributed by atoms with Crippen LogP contribution in [0.1, 0.15) is 15.9 Å². The number of hydrazine groups is 1. The molecule has 0 atom stereocenters. The topological polar surface area (TPSA) is 76.0 Å². The first-order valence-electron chi connectivity index (χ1n) is 8.14. The molecule has 0 aliphatic heterocycles. The molecule has 0 fully saturated rings. The van der Waals surface area contributed by atoms with Gasteiger partial charge in [0.1, 0.15) is 0 Å². The first kappa shape index (κ1) is 19.0. The molecule has 27 heavy (non-hydrogen) atoms. The highest BCUT2D eigenvalue weighted by Gasteiger charge is 2.10. The maximum Gasteiger partial charge on any atom is 0.269 e. The summed E-state index contributed by atoms with van der Waals surface area (Å²) in [5.74, 6) is -0.598. The lowest BCUT2D eigenvalue weighted by Gasteiger charge is -2.09. The Hall–Kier alpha value is -2.77. The number of hydrogen-bond donors (Lipinski definition) is 2. The molecule has 3 aromatic rings. The van der Waals surface area contributed by atoms with Gasteiger partial charge in [-0.3, -0.25) is 20.4 Å². The molecule has 2 aromatic carbocycles. The molecule has 2 amide bonds. The van der Waals surface area contributed by atoms with E-state index in [4.69, 9.17) is 11.6 Å². The van der Waals surface area contributed by atoms with E-state index in [1.807, 2.05) is 41.1 Å². The SMILES string of the molecule is O=C(CSc1nccn1Cc1ccccc1)NNC(=O)c1ccc(Cl)cc1. The Balaban J connectivity index is 1.47. The molecular formula is C19H17ClN4O2S. The molecule has 2 N–H and O–H groups in total. The lowest BCUT2D eigenvalue weighted by molar-refractivity contribution is -0.119. The van der Waals surface area contributed by atoms with Gasteiger partial charge in [-0.2, -0.15) is 0 Å². The molecule has 0 spiro atoms. The second-order valence-corrected chi connectivity index (χ2v) is 7.00. The van der Waals surface area contributed by atoms with Crippen molar-refractivity contribution in [2.75, 3.05) is 5.75 Å². The van der Waals surface area contributed by atoms with E-state index in [2.05, 4.69) is 15.8 Å². The summed E-state index contributed by atoms with van der Waals surface area (Å²) in [4.78, 5) is 28.2. The lowest BCUT2D eigenvalue weighted by atomic mass is 10.2. The Kier molecular flexibility index (Phi) is 6.51. The van der Waals surface area contributed by atoms with Crippen molar-refractivity contribution in [2.45, 2.75) is 11.7 Å². The van der Waals surface area contributed by atoms with E-state index < -0.39 is 5.91 Å². The predicted octanol–water partition coefficient (Wildman–Crippen LogP) is 3.14. The number of benzene rings is 2. The van der Waals surface area contributed by atoms with Gasteiger partial charge in [-0.25, -0.2) is 4.98 Å². The molecule has 8 heteroatoms. The zero-order valence-electron chi connectivity index (χ0n) is 14.3. The van der Waals surface area contributed by atoms with Gasteiger partial charge in [0.25, 0.3) is 5.91 Å². The van der Waals surface area contributed by atoms with Crippen LogP contribution in [0.15, 0.2) is 72.1 Å². The summed E-state index contributed by atoms with van der Waals surface area (Å²) in [5, 5.41) is 1.27. The predicted molar refractivity (Wildman–Crippen MR) is 106 cm³/mol. The number of thioether (sulfide) groups is 1. The van der Waals surface area contributed by atoms with Crippen molar-refractivity contribution in [1.29, 1.82) is 0 Å². The third-order valence-electron chi connectivity index (χ3n) is 3.63. The number of aromatic nitrogens is 2. The van der Waals surface area contributed by atoms with Crippen molar-refractivity contribution in [3.63, 3.8) is 0 Å². The number of carbonyl (C=O) groups is 2. The summed E-state index contributed by atoms with van der Waals surface area (Å²) in [6, 6.07) is 16.4. The standard InChI is InChI=1S/C19H17ClN4O2S/c20-16-8-6-15(7-9-16)18(26)23-22-17(25)13-27-19-21-10-11-24(19)12-14-4-2-1-3-5-14/h1-11H,12-13H2,(H,22,25)(H,23,26). The minimum atomic E-state index is -0.407. The molecule has 1 heterocycles. The van der Waals surface area contributed by atoms with Gasteiger partial charge in [0.15, 0.2) is 5.16 Å². The summed E-state index contributed by atoms with van der Waals surface area (Å²) >= 11 is 7.09. The molecule has 3 rings (SSSR count). The van der Waals surface area contributed by atoms with Gasteiger partial charge in [-0.15, -0.1) is 0 Å². The molecule has 1 aromatic heterocycles. The van der Waals surface area contributed by atoms with Crippen LogP contribution in [0.2, 0.25) is 5.02 Å². The Morgan fingerprint density at radius 1 is 1.04 bits per heavy atom. The highest BCUT2D eigenvalue weighted by Crippen LogP contribution is 2.17. The van der Waals surface area contributed by atoms with Crippen molar-refractivity contribution in [3.05, 3.63) is 83.1 Å². The molecule has 0 unspecified atom stereocenters. The Morgan fingerprint density at radius 2 is 1.78 bits per heavy atom. The normalized spacial score (nSPS) is 10.4. The number of nitrogens with zero attached hydrogens (tertiary/aromatic N) is 2. The fraction of sp³-hybridized carbons (Fsp3) is 0.105. The largest absolute Gasteiger partial charge is 0.322 e. The van der Waals surface area contributed by atoms with Crippen molar-refractivity contribution in [1.82, 2.24) is 20.4 Å². The molecule has 0 bridgehead atoms. The monoisotopic (exact) mass is 400 g/mol. The number of imidazole rings is 1. The van der Waals surface area contributed by atoms with Crippen molar-refractivity contribution < 1.29 is 9.59 Å². The van der Waals surface area contributed by atoms with Crippen LogP contribution in [-0.4, -0.2) is 27.1 Å². The summed E-state index contributed by atoms with van der Waals surface area (Å²) in [6.07, 6.45) is 3.57. The summed E-state index contributed by atoms with van der Waals surface area (Å²) in [5.41, 5.74) is 6.34. The minimum Gasteiger partial charge on any atom is -0.322 e. The number of halogens is 1. The van der Waals surface area contributed by atoms with Crippen molar-refractivity contribution in [3.8, 4) is 0 Å². The van der Waals surface area contributed by atoms with Gasteiger partial charge < -0.3 is 4.57 Å². The van der Waals surface area contributed by atoms with Crippen LogP contribution in [0.25, 0.3) is 0 Å². The molecule has 0 saturated heterocycles. The number of hydrogen-bond acceptors (Lipinski definition) is 4. The third-order valence-corrected chi connectivity index (χ3v) is 4.88. The van der Waals surface area contributed by atoms with Gasteiger partial charge >= 0.3 is 0 Å². The smallest absolute Gasteiger partial charge is 0.269 e. The average molecular weight is 401 g/mol.